The van der Waals surface area contributed by atoms with Crippen LogP contribution in [0, 0.1) is 5.82 Å². The Balaban J connectivity index is 1.95. The van der Waals surface area contributed by atoms with E-state index in [9.17, 15) is 18.8 Å². The molecule has 0 N–H and O–H groups in total. The van der Waals surface area contributed by atoms with E-state index < -0.39 is 29.3 Å². The fourth-order valence-corrected chi connectivity index (χ4v) is 3.64. The third-order valence-corrected chi connectivity index (χ3v) is 4.87. The Morgan fingerprint density at radius 2 is 1.68 bits per heavy atom. The van der Waals surface area contributed by atoms with Gasteiger partial charge in [-0.05, 0) is 23.8 Å². The first-order chi connectivity index (χ1) is 12.0. The van der Waals surface area contributed by atoms with Crippen LogP contribution in [-0.4, -0.2) is 17.5 Å². The predicted molar refractivity (Wildman–Crippen MR) is 89.7 cm³/mol. The maximum Gasteiger partial charge on any atom is 0.312 e. The van der Waals surface area contributed by atoms with Gasteiger partial charge in [-0.3, -0.25) is 14.4 Å². The van der Waals surface area contributed by atoms with Gasteiger partial charge in [0.05, 0.1) is 12.0 Å². The maximum atomic E-state index is 14.4. The number of hydrogen-bond donors (Lipinski definition) is 0. The molecule has 0 fully saturated rings. The Morgan fingerprint density at radius 1 is 1.00 bits per heavy atom. The average molecular weight is 401 g/mol. The van der Waals surface area contributed by atoms with E-state index in [4.69, 9.17) is 4.74 Å². The van der Waals surface area contributed by atoms with E-state index in [0.29, 0.717) is 4.47 Å². The highest BCUT2D eigenvalue weighted by atomic mass is 79.9. The second kappa shape index (κ2) is 5.74. The average Bonchev–Trinajstić information content (AvgIpc) is 2.61. The summed E-state index contributed by atoms with van der Waals surface area (Å²) < 4.78 is 20.1. The number of rotatable bonds is 1. The van der Waals surface area contributed by atoms with Crippen molar-refractivity contribution in [1.82, 2.24) is 0 Å². The smallest absolute Gasteiger partial charge is 0.312 e. The van der Waals surface area contributed by atoms with E-state index in [1.54, 1.807) is 18.2 Å². The summed E-state index contributed by atoms with van der Waals surface area (Å²) in [5.74, 6) is -3.30. The lowest BCUT2D eigenvalue weighted by atomic mass is 9.77. The van der Waals surface area contributed by atoms with Crippen LogP contribution in [0.5, 0.6) is 0 Å². The van der Waals surface area contributed by atoms with Crippen LogP contribution in [0.4, 0.5) is 4.39 Å². The van der Waals surface area contributed by atoms with Gasteiger partial charge in [0, 0.05) is 21.5 Å². The van der Waals surface area contributed by atoms with E-state index in [2.05, 4.69) is 15.9 Å². The summed E-state index contributed by atoms with van der Waals surface area (Å²) in [7, 11) is 0. The summed E-state index contributed by atoms with van der Waals surface area (Å²) in [6.45, 7) is 0. The molecule has 0 radical (unpaired) electrons. The zero-order valence-electron chi connectivity index (χ0n) is 12.7. The van der Waals surface area contributed by atoms with Crippen molar-refractivity contribution in [3.05, 3.63) is 80.8 Å². The molecule has 0 spiro atoms. The van der Waals surface area contributed by atoms with Crippen molar-refractivity contribution in [3.63, 3.8) is 0 Å². The molecule has 1 atom stereocenters. The molecule has 6 heteroatoms. The first-order valence-electron chi connectivity index (χ1n) is 7.55. The molecule has 2 aliphatic rings. The minimum atomic E-state index is -0.862. The second-order valence-corrected chi connectivity index (χ2v) is 6.76. The molecule has 0 amide bonds. The van der Waals surface area contributed by atoms with Gasteiger partial charge in [0.2, 0.25) is 5.78 Å². The lowest BCUT2D eigenvalue weighted by molar-refractivity contribution is -0.140. The number of benzene rings is 2. The van der Waals surface area contributed by atoms with Crippen LogP contribution in [0.1, 0.15) is 38.6 Å². The highest BCUT2D eigenvalue weighted by Gasteiger charge is 2.43. The van der Waals surface area contributed by atoms with Gasteiger partial charge < -0.3 is 4.74 Å². The Kier molecular flexibility index (Phi) is 3.65. The van der Waals surface area contributed by atoms with Crippen LogP contribution in [0.15, 0.2) is 58.3 Å². The molecule has 0 bridgehead atoms. The third kappa shape index (κ3) is 2.44. The molecule has 0 saturated heterocycles. The summed E-state index contributed by atoms with van der Waals surface area (Å²) >= 11 is 3.27. The van der Waals surface area contributed by atoms with Gasteiger partial charge in [-0.25, -0.2) is 4.39 Å². The number of allylic oxidation sites excluding steroid dienone is 2. The van der Waals surface area contributed by atoms with Crippen molar-refractivity contribution in [3.8, 4) is 0 Å². The molecular formula is C19H10BrFO4. The minimum Gasteiger partial charge on any atom is -0.422 e. The number of ether oxygens (including phenoxy) is 1. The number of ketones is 2. The van der Waals surface area contributed by atoms with Gasteiger partial charge >= 0.3 is 5.97 Å². The largest absolute Gasteiger partial charge is 0.422 e. The molecule has 0 aromatic heterocycles. The number of carbonyl (C=O) groups excluding carboxylic acids is 3. The van der Waals surface area contributed by atoms with Crippen molar-refractivity contribution < 1.29 is 23.5 Å². The maximum absolute atomic E-state index is 14.4. The Labute approximate surface area is 150 Å². The van der Waals surface area contributed by atoms with Crippen molar-refractivity contribution in [1.29, 1.82) is 0 Å². The number of carbonyl (C=O) groups is 3. The molecule has 25 heavy (non-hydrogen) atoms. The van der Waals surface area contributed by atoms with E-state index in [1.807, 2.05) is 0 Å². The third-order valence-electron chi connectivity index (χ3n) is 4.38. The molecule has 1 aliphatic carbocycles. The highest BCUT2D eigenvalue weighted by Crippen LogP contribution is 2.42. The molecule has 0 unspecified atom stereocenters. The fourth-order valence-electron chi connectivity index (χ4n) is 3.26. The monoisotopic (exact) mass is 400 g/mol. The van der Waals surface area contributed by atoms with Gasteiger partial charge in [0.15, 0.2) is 11.5 Å². The second-order valence-electron chi connectivity index (χ2n) is 5.84. The normalized spacial score (nSPS) is 19.4. The molecule has 4 nitrogen and oxygen atoms in total. The van der Waals surface area contributed by atoms with Crippen LogP contribution in [0.25, 0.3) is 0 Å². The molecular weight excluding hydrogens is 391 g/mol. The van der Waals surface area contributed by atoms with Gasteiger partial charge in [0.25, 0.3) is 0 Å². The number of hydrogen-bond acceptors (Lipinski definition) is 4. The zero-order chi connectivity index (χ0) is 17.7. The summed E-state index contributed by atoms with van der Waals surface area (Å²) in [6, 6.07) is 10.6. The van der Waals surface area contributed by atoms with Crippen LogP contribution in [-0.2, 0) is 9.53 Å². The van der Waals surface area contributed by atoms with E-state index in [-0.39, 0.29) is 34.4 Å². The van der Waals surface area contributed by atoms with Crippen LogP contribution in [0.3, 0.4) is 0 Å². The number of halogens is 2. The lowest BCUT2D eigenvalue weighted by Crippen LogP contribution is -2.33. The Hall–Kier alpha value is -2.60. The van der Waals surface area contributed by atoms with Crippen molar-refractivity contribution in [2.75, 3.05) is 0 Å². The number of Topliss-reactive ketones (excluding diaryl/α,β-unsaturated/α-hetero) is 2. The van der Waals surface area contributed by atoms with E-state index in [1.165, 1.54) is 24.3 Å². The highest BCUT2D eigenvalue weighted by molar-refractivity contribution is 9.10. The van der Waals surface area contributed by atoms with Crippen LogP contribution in [0.2, 0.25) is 0 Å². The first kappa shape index (κ1) is 15.9. The van der Waals surface area contributed by atoms with Crippen molar-refractivity contribution in [2.45, 2.75) is 12.3 Å². The van der Waals surface area contributed by atoms with Crippen LogP contribution < -0.4 is 0 Å². The number of esters is 1. The molecule has 2 aromatic rings. The summed E-state index contributed by atoms with van der Waals surface area (Å²) in [5.41, 5.74) is 0.651. The van der Waals surface area contributed by atoms with Crippen LogP contribution >= 0.6 is 15.9 Å². The first-order valence-corrected chi connectivity index (χ1v) is 8.35. The SMILES string of the molecule is O=C1C[C@H](c2cc(Br)ccc2F)C2=C(O1)C(=O)c1ccccc1C2=O. The van der Waals surface area contributed by atoms with Gasteiger partial charge in [-0.2, -0.15) is 0 Å². The quantitative estimate of drug-likeness (QED) is 0.679. The summed E-state index contributed by atoms with van der Waals surface area (Å²) in [6.07, 6.45) is -0.201. The van der Waals surface area contributed by atoms with Gasteiger partial charge in [-0.15, -0.1) is 0 Å². The van der Waals surface area contributed by atoms with E-state index >= 15 is 0 Å². The van der Waals surface area contributed by atoms with Crippen molar-refractivity contribution in [2.24, 2.45) is 0 Å². The fraction of sp³-hybridized carbons (Fsp3) is 0.105. The molecule has 1 heterocycles. The molecule has 4 rings (SSSR count). The predicted octanol–water partition coefficient (Wildman–Crippen LogP) is 3.95. The topological polar surface area (TPSA) is 60.4 Å². The molecule has 2 aromatic carbocycles. The Morgan fingerprint density at radius 3 is 2.40 bits per heavy atom. The van der Waals surface area contributed by atoms with Gasteiger partial charge in [0.1, 0.15) is 5.82 Å². The lowest BCUT2D eigenvalue weighted by Gasteiger charge is -2.30. The standard InChI is InChI=1S/C19H10BrFO4/c20-9-5-6-14(21)12(7-9)13-8-15(22)25-19-16(13)17(23)10-3-1-2-4-11(10)18(19)24/h1-7,13H,8H2/t13-/m1/s1. The summed E-state index contributed by atoms with van der Waals surface area (Å²) in [5, 5.41) is 0. The summed E-state index contributed by atoms with van der Waals surface area (Å²) in [4.78, 5) is 37.6. The molecule has 0 saturated carbocycles. The van der Waals surface area contributed by atoms with E-state index in [0.717, 1.165) is 0 Å². The number of fused-ring (bicyclic) bond motifs is 1. The molecule has 124 valence electrons. The minimum absolute atomic E-state index is 0.0419. The molecule has 1 aliphatic heterocycles. The Bertz CT molecular complexity index is 993. The van der Waals surface area contributed by atoms with Gasteiger partial charge in [-0.1, -0.05) is 40.2 Å². The van der Waals surface area contributed by atoms with Crippen molar-refractivity contribution >= 4 is 33.5 Å². The zero-order valence-corrected chi connectivity index (χ0v) is 14.3.